The fraction of sp³-hybridized carbons (Fsp3) is 0.429. The number of carbonyl (C=O) groups excluding carboxylic acids is 2. The normalized spacial score (nSPS) is 18.9. The van der Waals surface area contributed by atoms with Crippen LogP contribution in [0.1, 0.15) is 18.4 Å². The molecule has 1 unspecified atom stereocenters. The Kier molecular flexibility index (Phi) is 4.04. The van der Waals surface area contributed by atoms with Crippen LogP contribution in [-0.2, 0) is 20.7 Å². The van der Waals surface area contributed by atoms with Crippen molar-refractivity contribution in [3.05, 3.63) is 23.8 Å². The Bertz CT molecular complexity index is 495. The summed E-state index contributed by atoms with van der Waals surface area (Å²) in [5.41, 5.74) is 0.902. The van der Waals surface area contributed by atoms with Gasteiger partial charge in [-0.25, -0.2) is 0 Å². The van der Waals surface area contributed by atoms with Gasteiger partial charge < -0.3 is 14.2 Å². The van der Waals surface area contributed by atoms with Crippen molar-refractivity contribution < 1.29 is 23.8 Å². The molecular formula is C14H16O5. The minimum absolute atomic E-state index is 0.287. The van der Waals surface area contributed by atoms with Gasteiger partial charge in [-0.05, 0) is 24.5 Å². The Morgan fingerprint density at radius 1 is 1.26 bits per heavy atom. The number of methoxy groups -OCH3 is 2. The van der Waals surface area contributed by atoms with E-state index in [4.69, 9.17) is 9.47 Å². The molecule has 102 valence electrons. The third-order valence-corrected chi connectivity index (χ3v) is 3.21. The number of esters is 2. The smallest absolute Gasteiger partial charge is 0.316 e. The summed E-state index contributed by atoms with van der Waals surface area (Å²) >= 11 is 0. The third-order valence-electron chi connectivity index (χ3n) is 3.21. The second-order valence-corrected chi connectivity index (χ2v) is 4.41. The molecule has 0 spiro atoms. The van der Waals surface area contributed by atoms with Crippen molar-refractivity contribution in [1.82, 2.24) is 0 Å². The highest BCUT2D eigenvalue weighted by Crippen LogP contribution is 2.29. The Labute approximate surface area is 111 Å². The van der Waals surface area contributed by atoms with Crippen LogP contribution >= 0.6 is 0 Å². The van der Waals surface area contributed by atoms with Crippen molar-refractivity contribution in [3.63, 3.8) is 0 Å². The zero-order chi connectivity index (χ0) is 13.8. The second kappa shape index (κ2) is 5.73. The van der Waals surface area contributed by atoms with Crippen LogP contribution in [0.3, 0.4) is 0 Å². The number of ether oxygens (including phenoxy) is 3. The lowest BCUT2D eigenvalue weighted by molar-refractivity contribution is -0.167. The van der Waals surface area contributed by atoms with Gasteiger partial charge in [0.15, 0.2) is 0 Å². The van der Waals surface area contributed by atoms with E-state index in [0.717, 1.165) is 5.56 Å². The minimum atomic E-state index is -0.450. The lowest BCUT2D eigenvalue weighted by atomic mass is 9.93. The van der Waals surface area contributed by atoms with E-state index in [2.05, 4.69) is 4.74 Å². The van der Waals surface area contributed by atoms with Gasteiger partial charge in [-0.2, -0.15) is 0 Å². The molecule has 5 heteroatoms. The van der Waals surface area contributed by atoms with E-state index in [1.165, 1.54) is 0 Å². The average Bonchev–Trinajstić information content (AvgIpc) is 2.42. The van der Waals surface area contributed by atoms with Crippen LogP contribution in [0.25, 0.3) is 0 Å². The molecule has 1 aromatic carbocycles. The summed E-state index contributed by atoms with van der Waals surface area (Å²) in [7, 11) is 3.15. The van der Waals surface area contributed by atoms with E-state index in [1.807, 2.05) is 12.1 Å². The van der Waals surface area contributed by atoms with Crippen molar-refractivity contribution in [3.8, 4) is 11.5 Å². The molecule has 1 aliphatic heterocycles. The molecule has 0 bridgehead atoms. The predicted octanol–water partition coefficient (Wildman–Crippen LogP) is 1.73. The summed E-state index contributed by atoms with van der Waals surface area (Å²) in [5.74, 6) is 0.183. The van der Waals surface area contributed by atoms with Crippen molar-refractivity contribution in [2.75, 3.05) is 14.2 Å². The van der Waals surface area contributed by atoms with Crippen LogP contribution in [0.4, 0.5) is 0 Å². The van der Waals surface area contributed by atoms with Gasteiger partial charge in [-0.1, -0.05) is 6.07 Å². The molecule has 0 aromatic heterocycles. The first-order valence-electron chi connectivity index (χ1n) is 6.09. The van der Waals surface area contributed by atoms with E-state index in [9.17, 15) is 9.59 Å². The van der Waals surface area contributed by atoms with Crippen molar-refractivity contribution in [1.29, 1.82) is 0 Å². The maximum Gasteiger partial charge on any atom is 0.316 e. The maximum atomic E-state index is 11.6. The lowest BCUT2D eigenvalue weighted by Gasteiger charge is -2.20. The molecule has 1 aliphatic rings. The number of rotatable bonds is 4. The Morgan fingerprint density at radius 3 is 2.68 bits per heavy atom. The van der Waals surface area contributed by atoms with Crippen LogP contribution in [-0.4, -0.2) is 26.2 Å². The fourth-order valence-corrected chi connectivity index (χ4v) is 2.13. The zero-order valence-corrected chi connectivity index (χ0v) is 11.0. The molecular weight excluding hydrogens is 248 g/mol. The van der Waals surface area contributed by atoms with E-state index in [-0.39, 0.29) is 12.3 Å². The molecule has 1 saturated heterocycles. The van der Waals surface area contributed by atoms with Crippen molar-refractivity contribution >= 4 is 11.9 Å². The Balaban J connectivity index is 2.14. The third kappa shape index (κ3) is 3.05. The monoisotopic (exact) mass is 264 g/mol. The fourth-order valence-electron chi connectivity index (χ4n) is 2.13. The topological polar surface area (TPSA) is 61.8 Å². The molecule has 0 N–H and O–H groups in total. The maximum absolute atomic E-state index is 11.6. The summed E-state index contributed by atoms with van der Waals surface area (Å²) in [6, 6.07) is 5.45. The van der Waals surface area contributed by atoms with Crippen molar-refractivity contribution in [2.45, 2.75) is 19.3 Å². The molecule has 1 fully saturated rings. The molecule has 0 aliphatic carbocycles. The minimum Gasteiger partial charge on any atom is -0.497 e. The second-order valence-electron chi connectivity index (χ2n) is 4.41. The summed E-state index contributed by atoms with van der Waals surface area (Å²) < 4.78 is 15.1. The van der Waals surface area contributed by atoms with Gasteiger partial charge in [0.05, 0.1) is 20.1 Å². The standard InChI is InChI=1S/C14H16O5/c1-17-11-5-3-9(12(8-11)18-2)7-10-4-6-13(15)19-14(10)16/h3,5,8,10H,4,6-7H2,1-2H3. The summed E-state index contributed by atoms with van der Waals surface area (Å²) in [6.45, 7) is 0. The molecule has 0 radical (unpaired) electrons. The number of cyclic esters (lactones) is 2. The summed E-state index contributed by atoms with van der Waals surface area (Å²) in [6.07, 6.45) is 1.31. The van der Waals surface area contributed by atoms with Gasteiger partial charge in [-0.15, -0.1) is 0 Å². The molecule has 0 amide bonds. The zero-order valence-electron chi connectivity index (χ0n) is 11.0. The van der Waals surface area contributed by atoms with Gasteiger partial charge in [0.2, 0.25) is 0 Å². The quantitative estimate of drug-likeness (QED) is 0.612. The van der Waals surface area contributed by atoms with E-state index in [0.29, 0.717) is 24.3 Å². The predicted molar refractivity (Wildman–Crippen MR) is 67.1 cm³/mol. The first-order valence-corrected chi connectivity index (χ1v) is 6.09. The molecule has 1 atom stereocenters. The number of carbonyl (C=O) groups is 2. The van der Waals surface area contributed by atoms with Crippen LogP contribution in [0.2, 0.25) is 0 Å². The molecule has 19 heavy (non-hydrogen) atoms. The number of hydrogen-bond donors (Lipinski definition) is 0. The first-order chi connectivity index (χ1) is 9.13. The van der Waals surface area contributed by atoms with E-state index < -0.39 is 11.9 Å². The number of hydrogen-bond acceptors (Lipinski definition) is 5. The van der Waals surface area contributed by atoms with Gasteiger partial charge in [0.1, 0.15) is 11.5 Å². The lowest BCUT2D eigenvalue weighted by Crippen LogP contribution is -2.29. The number of benzene rings is 1. The van der Waals surface area contributed by atoms with Crippen LogP contribution in [0, 0.1) is 5.92 Å². The largest absolute Gasteiger partial charge is 0.497 e. The van der Waals surface area contributed by atoms with Gasteiger partial charge >= 0.3 is 11.9 Å². The van der Waals surface area contributed by atoms with Crippen LogP contribution in [0.5, 0.6) is 11.5 Å². The first kappa shape index (κ1) is 13.4. The Morgan fingerprint density at radius 2 is 2.05 bits per heavy atom. The van der Waals surface area contributed by atoms with E-state index >= 15 is 0 Å². The molecule has 1 aromatic rings. The van der Waals surface area contributed by atoms with Gasteiger partial charge in [0, 0.05) is 12.5 Å². The molecule has 0 saturated carbocycles. The SMILES string of the molecule is COc1ccc(CC2CCC(=O)OC2=O)c(OC)c1. The molecule has 2 rings (SSSR count). The van der Waals surface area contributed by atoms with Gasteiger partial charge in [-0.3, -0.25) is 9.59 Å². The van der Waals surface area contributed by atoms with Crippen LogP contribution < -0.4 is 9.47 Å². The van der Waals surface area contributed by atoms with Gasteiger partial charge in [0.25, 0.3) is 0 Å². The van der Waals surface area contributed by atoms with Crippen molar-refractivity contribution in [2.24, 2.45) is 5.92 Å². The Hall–Kier alpha value is -2.04. The average molecular weight is 264 g/mol. The van der Waals surface area contributed by atoms with E-state index in [1.54, 1.807) is 20.3 Å². The summed E-state index contributed by atoms with van der Waals surface area (Å²) in [5, 5.41) is 0. The van der Waals surface area contributed by atoms with Crippen LogP contribution in [0.15, 0.2) is 18.2 Å². The molecule has 1 heterocycles. The highest BCUT2D eigenvalue weighted by atomic mass is 16.6. The highest BCUT2D eigenvalue weighted by molar-refractivity contribution is 5.89. The molecule has 5 nitrogen and oxygen atoms in total. The highest BCUT2D eigenvalue weighted by Gasteiger charge is 2.29. The summed E-state index contributed by atoms with van der Waals surface area (Å²) in [4.78, 5) is 22.6.